The van der Waals surface area contributed by atoms with E-state index in [1.54, 1.807) is 0 Å². The normalized spacial score (nSPS) is 28.3. The van der Waals surface area contributed by atoms with E-state index in [0.29, 0.717) is 11.9 Å². The number of hydrogen-bond donors (Lipinski definition) is 1. The van der Waals surface area contributed by atoms with Gasteiger partial charge in [-0.2, -0.15) is 0 Å². The van der Waals surface area contributed by atoms with Gasteiger partial charge in [-0.25, -0.2) is 4.21 Å². The second-order valence-electron chi connectivity index (χ2n) is 2.86. The first-order valence-electron chi connectivity index (χ1n) is 4.03. The molecule has 0 aromatic rings. The first-order valence-corrected chi connectivity index (χ1v) is 5.41. The topological polar surface area (TPSA) is 52.3 Å². The Morgan fingerprint density at radius 3 is 2.91 bits per heavy atom. The SMILES string of the molecule is NS(=O)CCC1CCCCO1. The van der Waals surface area contributed by atoms with Crippen molar-refractivity contribution in [1.29, 1.82) is 0 Å². The third-order valence-electron chi connectivity index (χ3n) is 1.92. The van der Waals surface area contributed by atoms with Crippen LogP contribution in [0, 0.1) is 0 Å². The zero-order chi connectivity index (χ0) is 8.10. The lowest BCUT2D eigenvalue weighted by molar-refractivity contribution is 0.0148. The van der Waals surface area contributed by atoms with Crippen molar-refractivity contribution in [3.8, 4) is 0 Å². The smallest absolute Gasteiger partial charge is 0.0888 e. The molecular weight excluding hydrogens is 162 g/mol. The van der Waals surface area contributed by atoms with Crippen molar-refractivity contribution in [2.24, 2.45) is 5.14 Å². The molecule has 1 aliphatic heterocycles. The Balaban J connectivity index is 2.09. The standard InChI is InChI=1S/C7H15NO2S/c8-11(9)6-4-7-3-1-2-5-10-7/h7H,1-6,8H2. The largest absolute Gasteiger partial charge is 0.378 e. The highest BCUT2D eigenvalue weighted by atomic mass is 32.2. The van der Waals surface area contributed by atoms with Gasteiger partial charge in [0.05, 0.1) is 17.1 Å². The fourth-order valence-electron chi connectivity index (χ4n) is 1.28. The molecule has 1 heterocycles. The van der Waals surface area contributed by atoms with Gasteiger partial charge in [-0.05, 0) is 25.7 Å². The van der Waals surface area contributed by atoms with Crippen molar-refractivity contribution in [1.82, 2.24) is 0 Å². The Bertz CT molecular complexity index is 134. The van der Waals surface area contributed by atoms with Crippen LogP contribution in [0.3, 0.4) is 0 Å². The summed E-state index contributed by atoms with van der Waals surface area (Å²) < 4.78 is 16.0. The maximum Gasteiger partial charge on any atom is 0.0888 e. The maximum atomic E-state index is 10.5. The molecule has 0 aliphatic carbocycles. The summed E-state index contributed by atoms with van der Waals surface area (Å²) in [6.45, 7) is 0.863. The fraction of sp³-hybridized carbons (Fsp3) is 1.00. The van der Waals surface area contributed by atoms with E-state index in [1.807, 2.05) is 0 Å². The van der Waals surface area contributed by atoms with Gasteiger partial charge in [0.25, 0.3) is 0 Å². The Kier molecular flexibility index (Phi) is 4.04. The molecule has 1 fully saturated rings. The molecule has 0 aromatic carbocycles. The monoisotopic (exact) mass is 177 g/mol. The lowest BCUT2D eigenvalue weighted by atomic mass is 10.1. The molecule has 0 bridgehead atoms. The Morgan fingerprint density at radius 2 is 2.36 bits per heavy atom. The second-order valence-corrected chi connectivity index (χ2v) is 4.03. The third-order valence-corrected chi connectivity index (χ3v) is 2.55. The van der Waals surface area contributed by atoms with Crippen molar-refractivity contribution < 1.29 is 8.95 Å². The van der Waals surface area contributed by atoms with Crippen LogP contribution in [0.5, 0.6) is 0 Å². The molecule has 11 heavy (non-hydrogen) atoms. The predicted octanol–water partition coefficient (Wildman–Crippen LogP) is 0.568. The van der Waals surface area contributed by atoms with Crippen LogP contribution in [0.15, 0.2) is 0 Å². The van der Waals surface area contributed by atoms with Crippen LogP contribution in [-0.4, -0.2) is 22.7 Å². The molecule has 66 valence electrons. The molecule has 1 aliphatic rings. The van der Waals surface area contributed by atoms with Gasteiger partial charge in [0.15, 0.2) is 0 Å². The van der Waals surface area contributed by atoms with Crippen molar-refractivity contribution in [2.75, 3.05) is 12.4 Å². The Hall–Kier alpha value is 0.0700. The van der Waals surface area contributed by atoms with Crippen molar-refractivity contribution in [3.05, 3.63) is 0 Å². The third kappa shape index (κ3) is 3.84. The molecule has 2 N–H and O–H groups in total. The molecule has 3 nitrogen and oxygen atoms in total. The van der Waals surface area contributed by atoms with E-state index in [2.05, 4.69) is 0 Å². The number of hydrogen-bond acceptors (Lipinski definition) is 2. The predicted molar refractivity (Wildman–Crippen MR) is 45.4 cm³/mol. The molecule has 1 saturated heterocycles. The first kappa shape index (κ1) is 9.16. The molecule has 0 amide bonds. The fourth-order valence-corrected chi connectivity index (χ4v) is 1.78. The van der Waals surface area contributed by atoms with Crippen molar-refractivity contribution in [3.63, 3.8) is 0 Å². The van der Waals surface area contributed by atoms with Gasteiger partial charge >= 0.3 is 0 Å². The number of nitrogens with two attached hydrogens (primary N) is 1. The van der Waals surface area contributed by atoms with Crippen LogP contribution in [0.2, 0.25) is 0 Å². The van der Waals surface area contributed by atoms with E-state index in [0.717, 1.165) is 19.4 Å². The van der Waals surface area contributed by atoms with E-state index in [4.69, 9.17) is 9.88 Å². The minimum absolute atomic E-state index is 0.316. The van der Waals surface area contributed by atoms with Crippen LogP contribution >= 0.6 is 0 Å². The van der Waals surface area contributed by atoms with E-state index < -0.39 is 11.0 Å². The van der Waals surface area contributed by atoms with Gasteiger partial charge < -0.3 is 4.74 Å². The molecule has 4 heteroatoms. The molecule has 1 rings (SSSR count). The lowest BCUT2D eigenvalue weighted by Crippen LogP contribution is -2.22. The first-order chi connectivity index (χ1) is 5.29. The summed E-state index contributed by atoms with van der Waals surface area (Å²) in [6, 6.07) is 0. The summed E-state index contributed by atoms with van der Waals surface area (Å²) in [5.74, 6) is 0.574. The van der Waals surface area contributed by atoms with E-state index >= 15 is 0 Å². The average molecular weight is 177 g/mol. The molecule has 0 spiro atoms. The van der Waals surface area contributed by atoms with Crippen molar-refractivity contribution >= 4 is 11.0 Å². The molecule has 2 atom stereocenters. The summed E-state index contributed by atoms with van der Waals surface area (Å²) in [5, 5.41) is 5.13. The summed E-state index contributed by atoms with van der Waals surface area (Å²) in [5.41, 5.74) is 0. The summed E-state index contributed by atoms with van der Waals surface area (Å²) >= 11 is 0. The van der Waals surface area contributed by atoms with Crippen LogP contribution in [0.1, 0.15) is 25.7 Å². The van der Waals surface area contributed by atoms with Gasteiger partial charge in [-0.3, -0.25) is 5.14 Å². The Labute approximate surface area is 69.9 Å². The summed E-state index contributed by atoms with van der Waals surface area (Å²) in [6.07, 6.45) is 4.68. The van der Waals surface area contributed by atoms with Gasteiger partial charge in [0, 0.05) is 12.4 Å². The van der Waals surface area contributed by atoms with E-state index in [1.165, 1.54) is 12.8 Å². The number of rotatable bonds is 3. The lowest BCUT2D eigenvalue weighted by Gasteiger charge is -2.21. The minimum Gasteiger partial charge on any atom is -0.378 e. The quantitative estimate of drug-likeness (QED) is 0.685. The van der Waals surface area contributed by atoms with Crippen LogP contribution < -0.4 is 5.14 Å². The number of ether oxygens (including phenoxy) is 1. The molecule has 0 aromatic heterocycles. The van der Waals surface area contributed by atoms with Gasteiger partial charge in [-0.15, -0.1) is 0 Å². The van der Waals surface area contributed by atoms with Gasteiger partial charge in [-0.1, -0.05) is 0 Å². The zero-order valence-electron chi connectivity index (χ0n) is 6.62. The summed E-state index contributed by atoms with van der Waals surface area (Å²) in [7, 11) is -1.15. The molecule has 0 saturated carbocycles. The highest BCUT2D eigenvalue weighted by Gasteiger charge is 2.13. The van der Waals surface area contributed by atoms with Gasteiger partial charge in [0.1, 0.15) is 0 Å². The van der Waals surface area contributed by atoms with Gasteiger partial charge in [0.2, 0.25) is 0 Å². The highest BCUT2D eigenvalue weighted by Crippen LogP contribution is 2.15. The molecule has 0 radical (unpaired) electrons. The van der Waals surface area contributed by atoms with Crippen LogP contribution in [-0.2, 0) is 15.7 Å². The zero-order valence-corrected chi connectivity index (χ0v) is 7.44. The summed E-state index contributed by atoms with van der Waals surface area (Å²) in [4.78, 5) is 0. The molecular formula is C7H15NO2S. The second kappa shape index (κ2) is 4.85. The maximum absolute atomic E-state index is 10.5. The van der Waals surface area contributed by atoms with Crippen molar-refractivity contribution in [2.45, 2.75) is 31.8 Å². The van der Waals surface area contributed by atoms with Crippen LogP contribution in [0.4, 0.5) is 0 Å². The Morgan fingerprint density at radius 1 is 1.55 bits per heavy atom. The molecule has 2 unspecified atom stereocenters. The average Bonchev–Trinajstić information content (AvgIpc) is 2.03. The van der Waals surface area contributed by atoms with E-state index in [9.17, 15) is 4.21 Å². The van der Waals surface area contributed by atoms with E-state index in [-0.39, 0.29) is 0 Å². The highest BCUT2D eigenvalue weighted by molar-refractivity contribution is 7.82. The minimum atomic E-state index is -1.15. The van der Waals surface area contributed by atoms with Crippen LogP contribution in [0.25, 0.3) is 0 Å².